The Morgan fingerprint density at radius 3 is 2.62 bits per heavy atom. The molecular formula is C17H20N2O2. The van der Waals surface area contributed by atoms with E-state index in [0.29, 0.717) is 6.04 Å². The van der Waals surface area contributed by atoms with Gasteiger partial charge in [0.05, 0.1) is 14.2 Å². The van der Waals surface area contributed by atoms with E-state index in [-0.39, 0.29) is 0 Å². The van der Waals surface area contributed by atoms with Gasteiger partial charge in [0.1, 0.15) is 17.3 Å². The SMILES string of the molecule is COc1ccc(OC)c(CN(c2ccccn2)C2CC2)c1. The lowest BCUT2D eigenvalue weighted by Crippen LogP contribution is -2.26. The second-order valence-corrected chi connectivity index (χ2v) is 5.22. The number of methoxy groups -OCH3 is 2. The Bertz CT molecular complexity index is 597. The van der Waals surface area contributed by atoms with Crippen LogP contribution in [0.4, 0.5) is 5.82 Å². The number of hydrogen-bond acceptors (Lipinski definition) is 4. The highest BCUT2D eigenvalue weighted by Gasteiger charge is 2.30. The third-order valence-electron chi connectivity index (χ3n) is 3.76. The predicted molar refractivity (Wildman–Crippen MR) is 83.0 cm³/mol. The highest BCUT2D eigenvalue weighted by molar-refractivity contribution is 5.47. The predicted octanol–water partition coefficient (Wildman–Crippen LogP) is 3.27. The van der Waals surface area contributed by atoms with Crippen LogP contribution in [0, 0.1) is 0 Å². The number of ether oxygens (including phenoxy) is 2. The number of benzene rings is 1. The summed E-state index contributed by atoms with van der Waals surface area (Å²) in [5.41, 5.74) is 1.12. The Morgan fingerprint density at radius 1 is 1.14 bits per heavy atom. The first-order valence-electron chi connectivity index (χ1n) is 7.20. The van der Waals surface area contributed by atoms with Crippen LogP contribution in [0.2, 0.25) is 0 Å². The minimum Gasteiger partial charge on any atom is -0.497 e. The fourth-order valence-corrected chi connectivity index (χ4v) is 2.50. The molecule has 0 saturated heterocycles. The molecule has 4 nitrogen and oxygen atoms in total. The average molecular weight is 284 g/mol. The fraction of sp³-hybridized carbons (Fsp3) is 0.353. The van der Waals surface area contributed by atoms with Crippen molar-refractivity contribution in [3.63, 3.8) is 0 Å². The largest absolute Gasteiger partial charge is 0.497 e. The quantitative estimate of drug-likeness (QED) is 0.815. The number of aromatic nitrogens is 1. The number of rotatable bonds is 6. The maximum absolute atomic E-state index is 5.48. The molecule has 0 N–H and O–H groups in total. The van der Waals surface area contributed by atoms with Crippen molar-refractivity contribution in [2.75, 3.05) is 19.1 Å². The van der Waals surface area contributed by atoms with E-state index in [1.165, 1.54) is 12.8 Å². The zero-order valence-electron chi connectivity index (χ0n) is 12.5. The monoisotopic (exact) mass is 284 g/mol. The molecule has 0 bridgehead atoms. The molecule has 0 unspecified atom stereocenters. The first kappa shape index (κ1) is 13.7. The van der Waals surface area contributed by atoms with E-state index < -0.39 is 0 Å². The third kappa shape index (κ3) is 3.10. The van der Waals surface area contributed by atoms with Crippen LogP contribution in [0.5, 0.6) is 11.5 Å². The molecule has 1 heterocycles. The molecule has 2 aromatic rings. The molecule has 0 amide bonds. The highest BCUT2D eigenvalue weighted by Crippen LogP contribution is 2.34. The first-order chi connectivity index (χ1) is 10.3. The van der Waals surface area contributed by atoms with Crippen LogP contribution in [0.3, 0.4) is 0 Å². The molecule has 0 atom stereocenters. The van der Waals surface area contributed by atoms with Crippen LogP contribution in [0.1, 0.15) is 18.4 Å². The van der Waals surface area contributed by atoms with Gasteiger partial charge in [-0.15, -0.1) is 0 Å². The molecule has 21 heavy (non-hydrogen) atoms. The Hall–Kier alpha value is -2.23. The summed E-state index contributed by atoms with van der Waals surface area (Å²) in [5, 5.41) is 0. The van der Waals surface area contributed by atoms with Crippen molar-refractivity contribution >= 4 is 5.82 Å². The van der Waals surface area contributed by atoms with Gasteiger partial charge >= 0.3 is 0 Å². The molecule has 1 saturated carbocycles. The summed E-state index contributed by atoms with van der Waals surface area (Å²) in [6.45, 7) is 0.780. The molecule has 0 aliphatic heterocycles. The van der Waals surface area contributed by atoms with Crippen LogP contribution in [-0.4, -0.2) is 25.2 Å². The van der Waals surface area contributed by atoms with E-state index in [4.69, 9.17) is 9.47 Å². The van der Waals surface area contributed by atoms with E-state index in [1.807, 2.05) is 36.5 Å². The zero-order valence-corrected chi connectivity index (χ0v) is 12.5. The topological polar surface area (TPSA) is 34.6 Å². The average Bonchev–Trinajstić information content (AvgIpc) is 3.38. The highest BCUT2D eigenvalue weighted by atomic mass is 16.5. The Morgan fingerprint density at radius 2 is 2.00 bits per heavy atom. The van der Waals surface area contributed by atoms with Gasteiger partial charge in [0.25, 0.3) is 0 Å². The van der Waals surface area contributed by atoms with Gasteiger partial charge in [-0.05, 0) is 43.2 Å². The molecule has 1 aliphatic rings. The molecule has 1 aliphatic carbocycles. The molecule has 3 rings (SSSR count). The van der Waals surface area contributed by atoms with Crippen LogP contribution in [0.25, 0.3) is 0 Å². The smallest absolute Gasteiger partial charge is 0.129 e. The van der Waals surface area contributed by atoms with Crippen LogP contribution < -0.4 is 14.4 Å². The lowest BCUT2D eigenvalue weighted by Gasteiger charge is -2.24. The number of anilines is 1. The van der Waals surface area contributed by atoms with Gasteiger partial charge in [0, 0.05) is 24.3 Å². The zero-order chi connectivity index (χ0) is 14.7. The van der Waals surface area contributed by atoms with E-state index in [2.05, 4.69) is 16.0 Å². The van der Waals surface area contributed by atoms with E-state index in [0.717, 1.165) is 29.4 Å². The molecule has 110 valence electrons. The number of hydrogen-bond donors (Lipinski definition) is 0. The van der Waals surface area contributed by atoms with Crippen LogP contribution >= 0.6 is 0 Å². The van der Waals surface area contributed by atoms with Gasteiger partial charge in [0.2, 0.25) is 0 Å². The molecule has 1 aromatic heterocycles. The summed E-state index contributed by atoms with van der Waals surface area (Å²) in [5.74, 6) is 2.75. The fourth-order valence-electron chi connectivity index (χ4n) is 2.50. The van der Waals surface area contributed by atoms with Gasteiger partial charge in [-0.2, -0.15) is 0 Å². The van der Waals surface area contributed by atoms with Crippen molar-refractivity contribution in [3.8, 4) is 11.5 Å². The molecule has 1 fully saturated rings. The summed E-state index contributed by atoms with van der Waals surface area (Å²) in [4.78, 5) is 6.83. The van der Waals surface area contributed by atoms with Crippen molar-refractivity contribution in [2.45, 2.75) is 25.4 Å². The number of nitrogens with zero attached hydrogens (tertiary/aromatic N) is 2. The van der Waals surface area contributed by atoms with Crippen molar-refractivity contribution in [3.05, 3.63) is 48.2 Å². The molecule has 1 aromatic carbocycles. The van der Waals surface area contributed by atoms with Gasteiger partial charge in [-0.1, -0.05) is 6.07 Å². The second-order valence-electron chi connectivity index (χ2n) is 5.22. The van der Waals surface area contributed by atoms with E-state index in [9.17, 15) is 0 Å². The normalized spacial score (nSPS) is 13.8. The first-order valence-corrected chi connectivity index (χ1v) is 7.20. The minimum atomic E-state index is 0.579. The summed E-state index contributed by atoms with van der Waals surface area (Å²) < 4.78 is 10.8. The number of pyridine rings is 1. The van der Waals surface area contributed by atoms with Gasteiger partial charge in [-0.25, -0.2) is 4.98 Å². The van der Waals surface area contributed by atoms with Crippen molar-refractivity contribution in [1.82, 2.24) is 4.98 Å². The Labute approximate surface area is 125 Å². The third-order valence-corrected chi connectivity index (χ3v) is 3.76. The van der Waals surface area contributed by atoms with Gasteiger partial charge in [0.15, 0.2) is 0 Å². The van der Waals surface area contributed by atoms with Crippen molar-refractivity contribution in [1.29, 1.82) is 0 Å². The summed E-state index contributed by atoms with van der Waals surface area (Å²) in [7, 11) is 3.39. The van der Waals surface area contributed by atoms with E-state index >= 15 is 0 Å². The van der Waals surface area contributed by atoms with Crippen molar-refractivity contribution < 1.29 is 9.47 Å². The molecule has 0 radical (unpaired) electrons. The maximum Gasteiger partial charge on any atom is 0.129 e. The lowest BCUT2D eigenvalue weighted by molar-refractivity contribution is 0.398. The Balaban J connectivity index is 1.89. The van der Waals surface area contributed by atoms with Crippen LogP contribution in [0.15, 0.2) is 42.6 Å². The summed E-state index contributed by atoms with van der Waals surface area (Å²) in [6, 6.07) is 12.5. The maximum atomic E-state index is 5.48. The minimum absolute atomic E-state index is 0.579. The van der Waals surface area contributed by atoms with Crippen LogP contribution in [-0.2, 0) is 6.54 Å². The standard InChI is InChI=1S/C17H20N2O2/c1-20-15-8-9-16(21-2)13(11-15)12-19(14-6-7-14)17-5-3-4-10-18-17/h3-5,8-11,14H,6-7,12H2,1-2H3. The van der Waals surface area contributed by atoms with Crippen molar-refractivity contribution in [2.24, 2.45) is 0 Å². The van der Waals surface area contributed by atoms with Gasteiger partial charge < -0.3 is 14.4 Å². The molecule has 4 heteroatoms. The second kappa shape index (κ2) is 6.04. The summed E-state index contributed by atoms with van der Waals surface area (Å²) >= 11 is 0. The lowest BCUT2D eigenvalue weighted by atomic mass is 10.1. The molecule has 0 spiro atoms. The van der Waals surface area contributed by atoms with E-state index in [1.54, 1.807) is 14.2 Å². The summed E-state index contributed by atoms with van der Waals surface area (Å²) in [6.07, 6.45) is 4.29. The van der Waals surface area contributed by atoms with Gasteiger partial charge in [-0.3, -0.25) is 0 Å². The Kier molecular flexibility index (Phi) is 3.95. The molecular weight excluding hydrogens is 264 g/mol.